The molecule has 0 radical (unpaired) electrons. The van der Waals surface area contributed by atoms with Crippen LogP contribution >= 0.6 is 0 Å². The second-order valence-corrected chi connectivity index (χ2v) is 12.5. The molecule has 0 spiro atoms. The average Bonchev–Trinajstić information content (AvgIpc) is 2.98. The van der Waals surface area contributed by atoms with Gasteiger partial charge in [0.1, 0.15) is 23.4 Å². The van der Waals surface area contributed by atoms with Gasteiger partial charge >= 0.3 is 0 Å². The van der Waals surface area contributed by atoms with Crippen molar-refractivity contribution in [1.82, 2.24) is 15.2 Å². The molecule has 2 fully saturated rings. The fraction of sp³-hybridized carbons (Fsp3) is 0.367. The summed E-state index contributed by atoms with van der Waals surface area (Å²) < 4.78 is 42.4. The molecule has 2 amide bonds. The van der Waals surface area contributed by atoms with Crippen LogP contribution in [0.2, 0.25) is 0 Å². The number of likely N-dealkylation sites (tertiary alicyclic amines) is 1. The Labute approximate surface area is 239 Å². The maximum atomic E-state index is 13.1. The molecule has 1 aromatic heterocycles. The summed E-state index contributed by atoms with van der Waals surface area (Å²) in [6.45, 7) is 2.52. The molecule has 2 aliphatic rings. The number of nitrogens with zero attached hydrogens (tertiary/aromatic N) is 3. The Balaban J connectivity index is 1.07. The first kappa shape index (κ1) is 28.5. The highest BCUT2D eigenvalue weighted by Gasteiger charge is 2.26. The molecule has 0 aliphatic carbocycles. The quantitative estimate of drug-likeness (QED) is 0.454. The summed E-state index contributed by atoms with van der Waals surface area (Å²) in [4.78, 5) is 34.3. The second kappa shape index (κ2) is 12.3. The number of hydrogen-bond acceptors (Lipinski definition) is 7. The summed E-state index contributed by atoms with van der Waals surface area (Å²) in [6, 6.07) is 16.0. The zero-order valence-corrected chi connectivity index (χ0v) is 23.6. The summed E-state index contributed by atoms with van der Waals surface area (Å²) in [7, 11) is -3.23. The van der Waals surface area contributed by atoms with E-state index in [0.29, 0.717) is 42.1 Å². The van der Waals surface area contributed by atoms with Gasteiger partial charge in [-0.2, -0.15) is 0 Å². The van der Waals surface area contributed by atoms with Gasteiger partial charge < -0.3 is 19.9 Å². The number of piperidine rings is 2. The van der Waals surface area contributed by atoms with Crippen molar-refractivity contribution in [3.05, 3.63) is 83.9 Å². The minimum absolute atomic E-state index is 0.00813. The molecule has 41 heavy (non-hydrogen) atoms. The molecular weight excluding hydrogens is 547 g/mol. The number of sulfone groups is 1. The van der Waals surface area contributed by atoms with Gasteiger partial charge in [0.15, 0.2) is 9.84 Å². The Morgan fingerprint density at radius 1 is 0.902 bits per heavy atom. The number of aromatic nitrogens is 1. The van der Waals surface area contributed by atoms with E-state index >= 15 is 0 Å². The molecule has 2 aliphatic heterocycles. The van der Waals surface area contributed by atoms with Crippen LogP contribution in [0.15, 0.2) is 71.8 Å². The number of anilines is 1. The first-order chi connectivity index (χ1) is 19.7. The maximum Gasteiger partial charge on any atom is 0.272 e. The molecule has 9 nitrogen and oxygen atoms in total. The third kappa shape index (κ3) is 7.21. The standard InChI is InChI=1S/C30H33FN4O5S/c1-41(38,39)27-9-5-24(6-10-27)34-16-12-23(13-17-34)33-29(36)21-2-11-28(32-20-21)30(37)35-18-14-26(15-19-35)40-25-7-3-22(31)4-8-25/h2-11,20,23,26H,12-19H2,1H3,(H,33,36). The fourth-order valence-electron chi connectivity index (χ4n) is 5.15. The third-order valence-electron chi connectivity index (χ3n) is 7.55. The average molecular weight is 581 g/mol. The normalized spacial score (nSPS) is 16.8. The van der Waals surface area contributed by atoms with Crippen molar-refractivity contribution in [3.63, 3.8) is 0 Å². The second-order valence-electron chi connectivity index (χ2n) is 10.5. The molecule has 1 N–H and O–H groups in total. The summed E-state index contributed by atoms with van der Waals surface area (Å²) >= 11 is 0. The van der Waals surface area contributed by atoms with Gasteiger partial charge in [-0.05, 0) is 73.5 Å². The van der Waals surface area contributed by atoms with E-state index < -0.39 is 9.84 Å². The molecule has 216 valence electrons. The number of carbonyl (C=O) groups excluding carboxylic acids is 2. The summed E-state index contributed by atoms with van der Waals surface area (Å²) in [5.41, 5.74) is 1.64. The van der Waals surface area contributed by atoms with Crippen LogP contribution in [0.1, 0.15) is 46.5 Å². The highest BCUT2D eigenvalue weighted by molar-refractivity contribution is 7.90. The minimum atomic E-state index is -3.23. The van der Waals surface area contributed by atoms with E-state index in [2.05, 4.69) is 15.2 Å². The van der Waals surface area contributed by atoms with E-state index in [4.69, 9.17) is 4.74 Å². The highest BCUT2D eigenvalue weighted by Crippen LogP contribution is 2.23. The number of pyridine rings is 1. The number of halogens is 1. The van der Waals surface area contributed by atoms with Crippen LogP contribution in [0, 0.1) is 5.82 Å². The molecule has 11 heteroatoms. The lowest BCUT2D eigenvalue weighted by molar-refractivity contribution is 0.0589. The van der Waals surface area contributed by atoms with Crippen molar-refractivity contribution >= 4 is 27.3 Å². The lowest BCUT2D eigenvalue weighted by Gasteiger charge is -2.34. The van der Waals surface area contributed by atoms with Crippen molar-refractivity contribution < 1.29 is 27.1 Å². The Morgan fingerprint density at radius 3 is 2.15 bits per heavy atom. The van der Waals surface area contributed by atoms with Gasteiger partial charge in [0.25, 0.3) is 11.8 Å². The van der Waals surface area contributed by atoms with Crippen molar-refractivity contribution in [2.24, 2.45) is 0 Å². The van der Waals surface area contributed by atoms with E-state index in [0.717, 1.165) is 31.6 Å². The van der Waals surface area contributed by atoms with Gasteiger partial charge in [0.2, 0.25) is 0 Å². The number of ether oxygens (including phenoxy) is 1. The van der Waals surface area contributed by atoms with Crippen LogP contribution < -0.4 is 15.0 Å². The third-order valence-corrected chi connectivity index (χ3v) is 8.68. The van der Waals surface area contributed by atoms with Gasteiger partial charge in [-0.1, -0.05) is 0 Å². The van der Waals surface area contributed by atoms with E-state index in [9.17, 15) is 22.4 Å². The Bertz CT molecular complexity index is 1460. The minimum Gasteiger partial charge on any atom is -0.490 e. The number of carbonyl (C=O) groups is 2. The van der Waals surface area contributed by atoms with Crippen molar-refractivity contribution in [2.75, 3.05) is 37.3 Å². The van der Waals surface area contributed by atoms with E-state index in [-0.39, 0.29) is 35.5 Å². The SMILES string of the molecule is CS(=O)(=O)c1ccc(N2CCC(NC(=O)c3ccc(C(=O)N4CCC(Oc5ccc(F)cc5)CC4)nc3)CC2)cc1. The van der Waals surface area contributed by atoms with Gasteiger partial charge in [0.05, 0.1) is 10.5 Å². The zero-order valence-electron chi connectivity index (χ0n) is 22.8. The van der Waals surface area contributed by atoms with Gasteiger partial charge in [-0.15, -0.1) is 0 Å². The Kier molecular flexibility index (Phi) is 8.53. The first-order valence-corrected chi connectivity index (χ1v) is 15.6. The monoisotopic (exact) mass is 580 g/mol. The first-order valence-electron chi connectivity index (χ1n) is 13.7. The largest absolute Gasteiger partial charge is 0.490 e. The molecule has 5 rings (SSSR count). The van der Waals surface area contributed by atoms with Crippen LogP contribution in [0.4, 0.5) is 10.1 Å². The zero-order chi connectivity index (χ0) is 29.0. The number of benzene rings is 2. The molecule has 3 aromatic rings. The molecule has 0 atom stereocenters. The highest BCUT2D eigenvalue weighted by atomic mass is 32.2. The van der Waals surface area contributed by atoms with Crippen molar-refractivity contribution in [3.8, 4) is 5.75 Å². The summed E-state index contributed by atoms with van der Waals surface area (Å²) in [5, 5.41) is 3.06. The van der Waals surface area contributed by atoms with Crippen molar-refractivity contribution in [2.45, 2.75) is 42.7 Å². The number of hydrogen-bond donors (Lipinski definition) is 1. The molecular formula is C30H33FN4O5S. The molecule has 2 aromatic carbocycles. The predicted octanol–water partition coefficient (Wildman–Crippen LogP) is 3.71. The lowest BCUT2D eigenvalue weighted by Crippen LogP contribution is -2.44. The van der Waals surface area contributed by atoms with Crippen LogP contribution in [0.5, 0.6) is 5.75 Å². The van der Waals surface area contributed by atoms with Crippen LogP contribution in [0.3, 0.4) is 0 Å². The van der Waals surface area contributed by atoms with E-state index in [1.165, 1.54) is 24.6 Å². The van der Waals surface area contributed by atoms with Crippen LogP contribution in [-0.2, 0) is 9.84 Å². The fourth-order valence-corrected chi connectivity index (χ4v) is 5.78. The summed E-state index contributed by atoms with van der Waals surface area (Å²) in [6.07, 6.45) is 5.41. The Hall–Kier alpha value is -3.99. The molecule has 2 saturated heterocycles. The van der Waals surface area contributed by atoms with Crippen LogP contribution in [0.25, 0.3) is 0 Å². The lowest BCUT2D eigenvalue weighted by atomic mass is 10.0. The van der Waals surface area contributed by atoms with Crippen molar-refractivity contribution in [1.29, 1.82) is 0 Å². The molecule has 0 bridgehead atoms. The topological polar surface area (TPSA) is 109 Å². The van der Waals surface area contributed by atoms with E-state index in [1.54, 1.807) is 41.3 Å². The molecule has 0 saturated carbocycles. The number of nitrogens with one attached hydrogen (secondary N) is 1. The van der Waals surface area contributed by atoms with Gasteiger partial charge in [-0.25, -0.2) is 12.8 Å². The summed E-state index contributed by atoms with van der Waals surface area (Å²) in [5.74, 6) is -0.119. The molecule has 3 heterocycles. The van der Waals surface area contributed by atoms with E-state index in [1.807, 2.05) is 12.1 Å². The predicted molar refractivity (Wildman–Crippen MR) is 152 cm³/mol. The number of rotatable bonds is 7. The maximum absolute atomic E-state index is 13.1. The molecule has 0 unspecified atom stereocenters. The van der Waals surface area contributed by atoms with Gasteiger partial charge in [-0.3, -0.25) is 14.6 Å². The number of amides is 2. The Morgan fingerprint density at radius 2 is 1.56 bits per heavy atom. The van der Waals surface area contributed by atoms with Crippen LogP contribution in [-0.4, -0.2) is 74.7 Å². The smallest absolute Gasteiger partial charge is 0.272 e. The van der Waals surface area contributed by atoms with Gasteiger partial charge in [0, 0.05) is 63.2 Å².